The highest BCUT2D eigenvalue weighted by Gasteiger charge is 2.06. The van der Waals surface area contributed by atoms with Crippen LogP contribution in [0.1, 0.15) is 13.3 Å². The fourth-order valence-electron chi connectivity index (χ4n) is 1.84. The first-order valence-electron chi connectivity index (χ1n) is 6.10. The Hall–Kier alpha value is -2.42. The topological polar surface area (TPSA) is 46.2 Å². The van der Waals surface area contributed by atoms with Crippen LogP contribution < -0.4 is 5.32 Å². The number of amides is 1. The van der Waals surface area contributed by atoms with E-state index >= 15 is 0 Å². The molecule has 0 heterocycles. The predicted molar refractivity (Wildman–Crippen MR) is 75.8 cm³/mol. The summed E-state index contributed by atoms with van der Waals surface area (Å²) in [6.45, 7) is 1.40. The van der Waals surface area contributed by atoms with Crippen molar-refractivity contribution in [2.45, 2.75) is 13.3 Å². The number of benzene rings is 2. The largest absolute Gasteiger partial charge is 0.326 e. The van der Waals surface area contributed by atoms with Gasteiger partial charge >= 0.3 is 0 Å². The molecule has 1 amide bonds. The Bertz CT molecular complexity index is 591. The first kappa shape index (κ1) is 13.0. The van der Waals surface area contributed by atoms with Crippen LogP contribution in [0, 0.1) is 0 Å². The maximum atomic E-state index is 11.5. The Morgan fingerprint density at radius 2 is 1.63 bits per heavy atom. The minimum Gasteiger partial charge on any atom is -0.326 e. The molecule has 2 aromatic rings. The minimum absolute atomic E-state index is 0.0877. The molecule has 3 heteroatoms. The number of Topliss-reactive ketones (excluding diaryl/α,β-unsaturated/α-hetero) is 1. The van der Waals surface area contributed by atoms with Crippen LogP contribution in [0.4, 0.5) is 5.69 Å². The van der Waals surface area contributed by atoms with Crippen LogP contribution in [0.15, 0.2) is 54.6 Å². The number of anilines is 1. The van der Waals surface area contributed by atoms with Crippen LogP contribution >= 0.6 is 0 Å². The van der Waals surface area contributed by atoms with Gasteiger partial charge in [-0.2, -0.15) is 0 Å². The molecule has 96 valence electrons. The number of hydrogen-bond acceptors (Lipinski definition) is 2. The summed E-state index contributed by atoms with van der Waals surface area (Å²) in [6, 6.07) is 17.5. The van der Waals surface area contributed by atoms with E-state index in [1.54, 1.807) is 0 Å². The molecule has 0 radical (unpaired) electrons. The van der Waals surface area contributed by atoms with Crippen LogP contribution in [0.2, 0.25) is 0 Å². The van der Waals surface area contributed by atoms with Gasteiger partial charge in [-0.15, -0.1) is 0 Å². The van der Waals surface area contributed by atoms with Crippen molar-refractivity contribution in [3.63, 3.8) is 0 Å². The Balaban J connectivity index is 2.16. The molecule has 1 N–H and O–H groups in total. The van der Waals surface area contributed by atoms with E-state index < -0.39 is 0 Å². The molecule has 0 aliphatic heterocycles. The molecule has 0 unspecified atom stereocenters. The Kier molecular flexibility index (Phi) is 4.08. The molecule has 0 bridgehead atoms. The average Bonchev–Trinajstić information content (AvgIpc) is 2.39. The molecule has 0 saturated carbocycles. The van der Waals surface area contributed by atoms with E-state index in [9.17, 15) is 9.59 Å². The molecule has 2 rings (SSSR count). The monoisotopic (exact) mass is 253 g/mol. The van der Waals surface area contributed by atoms with Crippen molar-refractivity contribution in [1.29, 1.82) is 0 Å². The predicted octanol–water partition coefficient (Wildman–Crippen LogP) is 3.27. The zero-order valence-electron chi connectivity index (χ0n) is 10.7. The second-order valence-corrected chi connectivity index (χ2v) is 4.37. The average molecular weight is 253 g/mol. The molecular weight excluding hydrogens is 238 g/mol. The smallest absolute Gasteiger partial charge is 0.231 e. The van der Waals surface area contributed by atoms with E-state index in [0.29, 0.717) is 5.69 Å². The standard InChI is InChI=1S/C16H15NO2/c1-12(18)10-16(19)17-15-9-5-8-14(11-15)13-6-3-2-4-7-13/h2-9,11H,10H2,1H3,(H,17,19). The molecule has 0 aliphatic rings. The lowest BCUT2D eigenvalue weighted by molar-refractivity contribution is -0.124. The zero-order valence-corrected chi connectivity index (χ0v) is 10.7. The van der Waals surface area contributed by atoms with Crippen LogP contribution in [-0.4, -0.2) is 11.7 Å². The van der Waals surface area contributed by atoms with E-state index in [-0.39, 0.29) is 18.1 Å². The number of carbonyl (C=O) groups is 2. The second kappa shape index (κ2) is 5.96. The van der Waals surface area contributed by atoms with Gasteiger partial charge in [0.1, 0.15) is 5.78 Å². The van der Waals surface area contributed by atoms with Crippen molar-refractivity contribution >= 4 is 17.4 Å². The number of rotatable bonds is 4. The molecule has 3 nitrogen and oxygen atoms in total. The molecule has 0 atom stereocenters. The first-order valence-corrected chi connectivity index (χ1v) is 6.10. The van der Waals surface area contributed by atoms with E-state index in [1.807, 2.05) is 54.6 Å². The summed E-state index contributed by atoms with van der Waals surface area (Å²) in [7, 11) is 0. The maximum absolute atomic E-state index is 11.5. The summed E-state index contributed by atoms with van der Waals surface area (Å²) < 4.78 is 0. The molecule has 2 aromatic carbocycles. The van der Waals surface area contributed by atoms with Gasteiger partial charge in [-0.05, 0) is 30.2 Å². The Morgan fingerprint density at radius 3 is 2.32 bits per heavy atom. The summed E-state index contributed by atoms with van der Waals surface area (Å²) in [5.74, 6) is -0.422. The van der Waals surface area contributed by atoms with Crippen LogP contribution in [0.3, 0.4) is 0 Å². The van der Waals surface area contributed by atoms with E-state index in [0.717, 1.165) is 11.1 Å². The maximum Gasteiger partial charge on any atom is 0.231 e. The summed E-state index contributed by atoms with van der Waals surface area (Å²) in [4.78, 5) is 22.4. The minimum atomic E-state index is -0.280. The normalized spacial score (nSPS) is 9.95. The van der Waals surface area contributed by atoms with Crippen molar-refractivity contribution in [3.8, 4) is 11.1 Å². The summed E-state index contributed by atoms with van der Waals surface area (Å²) in [5, 5.41) is 2.72. The number of hydrogen-bond donors (Lipinski definition) is 1. The molecule has 0 fully saturated rings. The highest BCUT2D eigenvalue weighted by molar-refractivity contribution is 6.03. The summed E-state index contributed by atoms with van der Waals surface area (Å²) in [5.41, 5.74) is 2.82. The fourth-order valence-corrected chi connectivity index (χ4v) is 1.84. The van der Waals surface area contributed by atoms with Gasteiger partial charge in [0.2, 0.25) is 5.91 Å². The SMILES string of the molecule is CC(=O)CC(=O)Nc1cccc(-c2ccccc2)c1. The lowest BCUT2D eigenvalue weighted by Gasteiger charge is -2.07. The molecule has 0 saturated heterocycles. The quantitative estimate of drug-likeness (QED) is 0.850. The van der Waals surface area contributed by atoms with Crippen LogP contribution in [-0.2, 0) is 9.59 Å². The van der Waals surface area contributed by atoms with E-state index in [1.165, 1.54) is 6.92 Å². The van der Waals surface area contributed by atoms with Gasteiger partial charge in [0.25, 0.3) is 0 Å². The van der Waals surface area contributed by atoms with E-state index in [4.69, 9.17) is 0 Å². The third-order valence-electron chi connectivity index (χ3n) is 2.66. The molecule has 19 heavy (non-hydrogen) atoms. The van der Waals surface area contributed by atoms with E-state index in [2.05, 4.69) is 5.32 Å². The number of ketones is 1. The van der Waals surface area contributed by atoms with Crippen molar-refractivity contribution in [2.24, 2.45) is 0 Å². The third-order valence-corrected chi connectivity index (χ3v) is 2.66. The van der Waals surface area contributed by atoms with Crippen molar-refractivity contribution in [3.05, 3.63) is 54.6 Å². The lowest BCUT2D eigenvalue weighted by atomic mass is 10.1. The highest BCUT2D eigenvalue weighted by Crippen LogP contribution is 2.22. The third kappa shape index (κ3) is 3.78. The molecule has 0 aromatic heterocycles. The zero-order chi connectivity index (χ0) is 13.7. The highest BCUT2D eigenvalue weighted by atomic mass is 16.2. The van der Waals surface area contributed by atoms with Gasteiger partial charge in [-0.25, -0.2) is 0 Å². The summed E-state index contributed by atoms with van der Waals surface area (Å²) >= 11 is 0. The van der Waals surface area contributed by atoms with Gasteiger partial charge < -0.3 is 5.32 Å². The van der Waals surface area contributed by atoms with Gasteiger partial charge in [-0.3, -0.25) is 9.59 Å². The van der Waals surface area contributed by atoms with Gasteiger partial charge in [-0.1, -0.05) is 42.5 Å². The lowest BCUT2D eigenvalue weighted by Crippen LogP contribution is -2.14. The molecule has 0 aliphatic carbocycles. The van der Waals surface area contributed by atoms with Gasteiger partial charge in [0.05, 0.1) is 6.42 Å². The van der Waals surface area contributed by atoms with Crippen LogP contribution in [0.25, 0.3) is 11.1 Å². The van der Waals surface area contributed by atoms with Crippen LogP contribution in [0.5, 0.6) is 0 Å². The van der Waals surface area contributed by atoms with Crippen molar-refractivity contribution < 1.29 is 9.59 Å². The Morgan fingerprint density at radius 1 is 0.947 bits per heavy atom. The van der Waals surface area contributed by atoms with Crippen molar-refractivity contribution in [2.75, 3.05) is 5.32 Å². The summed E-state index contributed by atoms with van der Waals surface area (Å²) in [6.07, 6.45) is -0.0877. The van der Waals surface area contributed by atoms with Crippen molar-refractivity contribution in [1.82, 2.24) is 0 Å². The Labute approximate surface area is 112 Å². The number of carbonyl (C=O) groups excluding carboxylic acids is 2. The first-order chi connectivity index (χ1) is 9.15. The molecule has 0 spiro atoms. The second-order valence-electron chi connectivity index (χ2n) is 4.37. The van der Waals surface area contributed by atoms with Gasteiger partial charge in [0.15, 0.2) is 0 Å². The van der Waals surface area contributed by atoms with Gasteiger partial charge in [0, 0.05) is 5.69 Å². The molecular formula is C16H15NO2. The number of nitrogens with one attached hydrogen (secondary N) is 1. The fraction of sp³-hybridized carbons (Fsp3) is 0.125.